The van der Waals surface area contributed by atoms with Gasteiger partial charge in [0.15, 0.2) is 0 Å². The van der Waals surface area contributed by atoms with Gasteiger partial charge in [-0.15, -0.1) is 0 Å². The fourth-order valence-electron chi connectivity index (χ4n) is 4.24. The van der Waals surface area contributed by atoms with Gasteiger partial charge in [-0.3, -0.25) is 19.5 Å². The molecule has 1 aromatic carbocycles. The maximum atomic E-state index is 12.9. The highest BCUT2D eigenvalue weighted by atomic mass is 16.2. The number of carbonyl (C=O) groups is 2. The molecule has 0 saturated carbocycles. The molecule has 1 N–H and O–H groups in total. The summed E-state index contributed by atoms with van der Waals surface area (Å²) in [4.78, 5) is 33.6. The van der Waals surface area contributed by atoms with Gasteiger partial charge in [-0.05, 0) is 43.1 Å². The second-order valence-corrected chi connectivity index (χ2v) is 7.53. The summed E-state index contributed by atoms with van der Waals surface area (Å²) in [6, 6.07) is 11.7. The van der Waals surface area contributed by atoms with Crippen molar-refractivity contribution >= 4 is 17.5 Å². The number of para-hydroxylation sites is 1. The van der Waals surface area contributed by atoms with Crippen LogP contribution in [0.3, 0.4) is 0 Å². The fourth-order valence-corrected chi connectivity index (χ4v) is 4.24. The highest BCUT2D eigenvalue weighted by molar-refractivity contribution is 6.06. The van der Waals surface area contributed by atoms with E-state index in [4.69, 9.17) is 0 Å². The number of carbonyl (C=O) groups excluding carboxylic acids is 2. The number of hydrogen-bond donors (Lipinski definition) is 1. The van der Waals surface area contributed by atoms with E-state index in [1.807, 2.05) is 59.4 Å². The SMILES string of the molecule is CN(CC(=O)N1CCC[C@@]2(C1)C(=O)Nc1ccccc12)Cc1cccnc1. The van der Waals surface area contributed by atoms with Gasteiger partial charge >= 0.3 is 0 Å². The molecule has 1 aromatic heterocycles. The van der Waals surface area contributed by atoms with E-state index < -0.39 is 5.41 Å². The van der Waals surface area contributed by atoms with Gasteiger partial charge in [0.25, 0.3) is 0 Å². The van der Waals surface area contributed by atoms with Gasteiger partial charge < -0.3 is 10.2 Å². The third kappa shape index (κ3) is 3.32. The zero-order chi connectivity index (χ0) is 18.9. The molecule has 140 valence electrons. The summed E-state index contributed by atoms with van der Waals surface area (Å²) < 4.78 is 0. The van der Waals surface area contributed by atoms with Crippen LogP contribution in [0.1, 0.15) is 24.0 Å². The van der Waals surface area contributed by atoms with Crippen molar-refractivity contribution in [3.63, 3.8) is 0 Å². The van der Waals surface area contributed by atoms with E-state index in [0.717, 1.165) is 29.7 Å². The zero-order valence-electron chi connectivity index (χ0n) is 15.5. The standard InChI is InChI=1S/C21H24N4O2/c1-24(13-16-6-4-10-22-12-16)14-19(26)25-11-5-9-21(15-25)17-7-2-3-8-18(17)23-20(21)27/h2-4,6-8,10,12H,5,9,11,13-15H2,1H3,(H,23,27)/t21-/m0/s1. The van der Waals surface area contributed by atoms with Crippen LogP contribution in [0.2, 0.25) is 0 Å². The van der Waals surface area contributed by atoms with E-state index in [2.05, 4.69) is 10.3 Å². The molecular weight excluding hydrogens is 340 g/mol. The lowest BCUT2D eigenvalue weighted by atomic mass is 9.75. The average Bonchev–Trinajstić information content (AvgIpc) is 2.94. The van der Waals surface area contributed by atoms with E-state index in [9.17, 15) is 9.59 Å². The van der Waals surface area contributed by atoms with Crippen LogP contribution in [0.15, 0.2) is 48.8 Å². The molecular formula is C21H24N4O2. The third-order valence-corrected chi connectivity index (χ3v) is 5.55. The predicted octanol–water partition coefficient (Wildman–Crippen LogP) is 2.03. The lowest BCUT2D eigenvalue weighted by Gasteiger charge is -2.39. The first kappa shape index (κ1) is 17.7. The second kappa shape index (κ2) is 7.12. The number of fused-ring (bicyclic) bond motifs is 2. The number of rotatable bonds is 4. The smallest absolute Gasteiger partial charge is 0.236 e. The zero-order valence-corrected chi connectivity index (χ0v) is 15.5. The van der Waals surface area contributed by atoms with Crippen LogP contribution < -0.4 is 5.32 Å². The summed E-state index contributed by atoms with van der Waals surface area (Å²) in [7, 11) is 1.93. The first-order valence-corrected chi connectivity index (χ1v) is 9.35. The van der Waals surface area contributed by atoms with Crippen LogP contribution in [-0.2, 0) is 21.5 Å². The lowest BCUT2D eigenvalue weighted by molar-refractivity contribution is -0.136. The number of nitrogens with zero attached hydrogens (tertiary/aromatic N) is 3. The maximum Gasteiger partial charge on any atom is 0.236 e. The Morgan fingerprint density at radius 1 is 1.30 bits per heavy atom. The van der Waals surface area contributed by atoms with Gasteiger partial charge in [0.05, 0.1) is 12.0 Å². The lowest BCUT2D eigenvalue weighted by Crippen LogP contribution is -2.53. The molecule has 0 radical (unpaired) electrons. The van der Waals surface area contributed by atoms with Crippen LogP contribution in [0.5, 0.6) is 0 Å². The van der Waals surface area contributed by atoms with Crippen LogP contribution in [0.4, 0.5) is 5.69 Å². The molecule has 6 heteroatoms. The number of aromatic nitrogens is 1. The van der Waals surface area contributed by atoms with Crippen molar-refractivity contribution in [3.05, 3.63) is 59.9 Å². The Kier molecular flexibility index (Phi) is 4.66. The van der Waals surface area contributed by atoms with Gasteiger partial charge in [-0.25, -0.2) is 0 Å². The van der Waals surface area contributed by atoms with Crippen LogP contribution in [0, 0.1) is 0 Å². The first-order valence-electron chi connectivity index (χ1n) is 9.35. The molecule has 1 atom stereocenters. The molecule has 1 fully saturated rings. The van der Waals surface area contributed by atoms with Gasteiger partial charge in [0, 0.05) is 37.7 Å². The monoisotopic (exact) mass is 364 g/mol. The molecule has 0 aliphatic carbocycles. The van der Waals surface area contributed by atoms with Crippen molar-refractivity contribution < 1.29 is 9.59 Å². The summed E-state index contributed by atoms with van der Waals surface area (Å²) in [5.74, 6) is 0.0857. The number of pyridine rings is 1. The highest BCUT2D eigenvalue weighted by Gasteiger charge is 2.49. The molecule has 1 spiro atoms. The quantitative estimate of drug-likeness (QED) is 0.902. The topological polar surface area (TPSA) is 65.5 Å². The van der Waals surface area contributed by atoms with Gasteiger partial charge in [-0.2, -0.15) is 0 Å². The van der Waals surface area contributed by atoms with E-state index in [1.165, 1.54) is 0 Å². The molecule has 27 heavy (non-hydrogen) atoms. The van der Waals surface area contributed by atoms with Crippen molar-refractivity contribution in [2.24, 2.45) is 0 Å². The van der Waals surface area contributed by atoms with Crippen LogP contribution >= 0.6 is 0 Å². The molecule has 6 nitrogen and oxygen atoms in total. The molecule has 2 aliphatic rings. The molecule has 3 heterocycles. The van der Waals surface area contributed by atoms with Gasteiger partial charge in [-0.1, -0.05) is 24.3 Å². The van der Waals surface area contributed by atoms with Gasteiger partial charge in [0.2, 0.25) is 11.8 Å². The number of hydrogen-bond acceptors (Lipinski definition) is 4. The number of likely N-dealkylation sites (tertiary alicyclic amines) is 1. The molecule has 1 saturated heterocycles. The van der Waals surface area contributed by atoms with E-state index in [1.54, 1.807) is 6.20 Å². The molecule has 2 aliphatic heterocycles. The molecule has 0 unspecified atom stereocenters. The fraction of sp³-hybridized carbons (Fsp3) is 0.381. The third-order valence-electron chi connectivity index (χ3n) is 5.55. The summed E-state index contributed by atoms with van der Waals surface area (Å²) >= 11 is 0. The Hall–Kier alpha value is -2.73. The molecule has 2 aromatic rings. The molecule has 2 amide bonds. The minimum Gasteiger partial charge on any atom is -0.340 e. The number of anilines is 1. The Bertz CT molecular complexity index is 854. The predicted molar refractivity (Wildman–Crippen MR) is 103 cm³/mol. The number of amides is 2. The van der Waals surface area contributed by atoms with Crippen molar-refractivity contribution in [3.8, 4) is 0 Å². The minimum atomic E-state index is -0.605. The minimum absolute atomic E-state index is 0.0184. The number of nitrogens with one attached hydrogen (secondary N) is 1. The first-order chi connectivity index (χ1) is 13.1. The molecule has 0 bridgehead atoms. The number of benzene rings is 1. The normalized spacial score (nSPS) is 21.4. The number of likely N-dealkylation sites (N-methyl/N-ethyl adjacent to an activating group) is 1. The summed E-state index contributed by atoms with van der Waals surface area (Å²) in [6.07, 6.45) is 5.17. The van der Waals surface area contributed by atoms with Crippen LogP contribution in [0.25, 0.3) is 0 Å². The van der Waals surface area contributed by atoms with E-state index in [0.29, 0.717) is 26.2 Å². The summed E-state index contributed by atoms with van der Waals surface area (Å²) in [5, 5.41) is 3.00. The summed E-state index contributed by atoms with van der Waals surface area (Å²) in [6.45, 7) is 2.16. The van der Waals surface area contributed by atoms with Gasteiger partial charge in [0.1, 0.15) is 0 Å². The van der Waals surface area contributed by atoms with Crippen molar-refractivity contribution in [2.75, 3.05) is 32.0 Å². The molecule has 4 rings (SSSR count). The number of piperidine rings is 1. The Morgan fingerprint density at radius 2 is 2.15 bits per heavy atom. The van der Waals surface area contributed by atoms with Crippen molar-refractivity contribution in [2.45, 2.75) is 24.8 Å². The van der Waals surface area contributed by atoms with Crippen LogP contribution in [-0.4, -0.2) is 53.3 Å². The van der Waals surface area contributed by atoms with E-state index in [-0.39, 0.29) is 11.8 Å². The second-order valence-electron chi connectivity index (χ2n) is 7.53. The maximum absolute atomic E-state index is 12.9. The Balaban J connectivity index is 1.45. The highest BCUT2D eigenvalue weighted by Crippen LogP contribution is 2.43. The van der Waals surface area contributed by atoms with E-state index >= 15 is 0 Å². The Morgan fingerprint density at radius 3 is 2.96 bits per heavy atom. The van der Waals surface area contributed by atoms with Crippen molar-refractivity contribution in [1.29, 1.82) is 0 Å². The Labute approximate surface area is 159 Å². The largest absolute Gasteiger partial charge is 0.340 e. The summed E-state index contributed by atoms with van der Waals surface area (Å²) in [5.41, 5.74) is 2.38. The van der Waals surface area contributed by atoms with Crippen molar-refractivity contribution in [1.82, 2.24) is 14.8 Å². The average molecular weight is 364 g/mol.